The quantitative estimate of drug-likeness (QED) is 0.564. The number of rotatable bonds is 6. The predicted molar refractivity (Wildman–Crippen MR) is 121 cm³/mol. The molecule has 31 heavy (non-hydrogen) atoms. The number of nitrogens with one attached hydrogen (secondary N) is 1. The SMILES string of the molecule is Cc1ccc(-c2nc(CC(=O)Nc3cccc(CN(C)C(=O)OC(C)(C)C)c3)cs2)o1. The van der Waals surface area contributed by atoms with Gasteiger partial charge >= 0.3 is 6.09 Å². The molecule has 0 aliphatic heterocycles. The summed E-state index contributed by atoms with van der Waals surface area (Å²) in [6.07, 6.45) is -0.230. The molecule has 1 aromatic carbocycles. The first kappa shape index (κ1) is 22.6. The van der Waals surface area contributed by atoms with E-state index in [1.54, 1.807) is 7.05 Å². The van der Waals surface area contributed by atoms with Gasteiger partial charge in [-0.1, -0.05) is 12.1 Å². The van der Waals surface area contributed by atoms with Crippen LogP contribution < -0.4 is 5.32 Å². The monoisotopic (exact) mass is 441 g/mol. The van der Waals surface area contributed by atoms with Crippen molar-refractivity contribution in [1.82, 2.24) is 9.88 Å². The van der Waals surface area contributed by atoms with Crippen LogP contribution in [0.5, 0.6) is 0 Å². The summed E-state index contributed by atoms with van der Waals surface area (Å²) in [4.78, 5) is 30.6. The first-order valence-corrected chi connectivity index (χ1v) is 10.8. The van der Waals surface area contributed by atoms with Gasteiger partial charge in [0.25, 0.3) is 0 Å². The van der Waals surface area contributed by atoms with Gasteiger partial charge in [0.05, 0.1) is 12.1 Å². The van der Waals surface area contributed by atoms with Crippen molar-refractivity contribution in [1.29, 1.82) is 0 Å². The van der Waals surface area contributed by atoms with E-state index in [1.807, 2.05) is 69.5 Å². The molecule has 3 rings (SSSR count). The Kier molecular flexibility index (Phi) is 6.80. The molecule has 2 heterocycles. The molecular weight excluding hydrogens is 414 g/mol. The molecule has 0 spiro atoms. The maximum Gasteiger partial charge on any atom is 0.410 e. The zero-order valence-electron chi connectivity index (χ0n) is 18.4. The standard InChI is InChI=1S/C23H27N3O4S/c1-15-9-10-19(29-15)21-25-18(14-31-21)12-20(27)24-17-8-6-7-16(11-17)13-26(5)22(28)30-23(2,3)4/h6-11,14H,12-13H2,1-5H3,(H,24,27). The Morgan fingerprint density at radius 3 is 2.68 bits per heavy atom. The fourth-order valence-electron chi connectivity index (χ4n) is 2.85. The van der Waals surface area contributed by atoms with Crippen molar-refractivity contribution in [2.24, 2.45) is 0 Å². The number of benzene rings is 1. The van der Waals surface area contributed by atoms with Crippen LogP contribution in [0.2, 0.25) is 0 Å². The second-order valence-electron chi connectivity index (χ2n) is 8.32. The smallest absolute Gasteiger partial charge is 0.410 e. The van der Waals surface area contributed by atoms with Crippen molar-refractivity contribution >= 4 is 29.0 Å². The minimum atomic E-state index is -0.549. The predicted octanol–water partition coefficient (Wildman–Crippen LogP) is 5.26. The number of amides is 2. The third-order valence-corrected chi connectivity index (χ3v) is 5.09. The number of hydrogen-bond acceptors (Lipinski definition) is 6. The summed E-state index contributed by atoms with van der Waals surface area (Å²) in [5.74, 6) is 1.36. The highest BCUT2D eigenvalue weighted by Crippen LogP contribution is 2.26. The van der Waals surface area contributed by atoms with Crippen LogP contribution in [0.1, 0.15) is 37.8 Å². The first-order valence-electron chi connectivity index (χ1n) is 9.93. The normalized spacial score (nSPS) is 11.3. The van der Waals surface area contributed by atoms with E-state index in [2.05, 4.69) is 10.3 Å². The maximum absolute atomic E-state index is 12.5. The number of aryl methyl sites for hydroxylation is 1. The van der Waals surface area contributed by atoms with E-state index in [0.717, 1.165) is 16.3 Å². The fourth-order valence-corrected chi connectivity index (χ4v) is 3.63. The molecule has 0 saturated heterocycles. The second-order valence-corrected chi connectivity index (χ2v) is 9.17. The summed E-state index contributed by atoms with van der Waals surface area (Å²) in [5.41, 5.74) is 1.69. The van der Waals surface area contributed by atoms with E-state index < -0.39 is 11.7 Å². The Bertz CT molecular complexity index is 1060. The average Bonchev–Trinajstić information content (AvgIpc) is 3.29. The van der Waals surface area contributed by atoms with Crippen LogP contribution in [-0.2, 0) is 22.5 Å². The van der Waals surface area contributed by atoms with Crippen molar-refractivity contribution in [2.75, 3.05) is 12.4 Å². The molecule has 7 nitrogen and oxygen atoms in total. The zero-order chi connectivity index (χ0) is 22.6. The number of anilines is 1. The molecule has 0 aliphatic rings. The Labute approximate surface area is 186 Å². The van der Waals surface area contributed by atoms with Gasteiger partial charge in [-0.25, -0.2) is 9.78 Å². The molecule has 0 saturated carbocycles. The van der Waals surface area contributed by atoms with Crippen molar-refractivity contribution in [2.45, 2.75) is 46.3 Å². The number of hydrogen-bond donors (Lipinski definition) is 1. The number of carbonyl (C=O) groups is 2. The van der Waals surface area contributed by atoms with Crippen LogP contribution in [0, 0.1) is 6.92 Å². The maximum atomic E-state index is 12.5. The molecule has 2 amide bonds. The first-order chi connectivity index (χ1) is 14.6. The van der Waals surface area contributed by atoms with Gasteiger partial charge in [-0.2, -0.15) is 0 Å². The zero-order valence-corrected chi connectivity index (χ0v) is 19.2. The van der Waals surface area contributed by atoms with Gasteiger partial charge in [-0.3, -0.25) is 4.79 Å². The third-order valence-electron chi connectivity index (χ3n) is 4.18. The highest BCUT2D eigenvalue weighted by Gasteiger charge is 2.19. The van der Waals surface area contributed by atoms with Crippen molar-refractivity contribution in [3.05, 3.63) is 58.8 Å². The van der Waals surface area contributed by atoms with E-state index in [-0.39, 0.29) is 12.3 Å². The molecule has 3 aromatic rings. The summed E-state index contributed by atoms with van der Waals surface area (Å²) in [5, 5.41) is 5.51. The van der Waals surface area contributed by atoms with Crippen LogP contribution in [0.15, 0.2) is 46.2 Å². The number of aromatic nitrogens is 1. The van der Waals surface area contributed by atoms with Gasteiger partial charge < -0.3 is 19.4 Å². The van der Waals surface area contributed by atoms with Crippen LogP contribution in [-0.4, -0.2) is 34.5 Å². The summed E-state index contributed by atoms with van der Waals surface area (Å²) >= 11 is 1.45. The average molecular weight is 442 g/mol. The van der Waals surface area contributed by atoms with Crippen molar-refractivity contribution in [3.63, 3.8) is 0 Å². The summed E-state index contributed by atoms with van der Waals surface area (Å²) < 4.78 is 11.0. The Morgan fingerprint density at radius 1 is 1.23 bits per heavy atom. The highest BCUT2D eigenvalue weighted by molar-refractivity contribution is 7.13. The fraction of sp³-hybridized carbons (Fsp3) is 0.348. The van der Waals surface area contributed by atoms with Gasteiger partial charge in [0.1, 0.15) is 11.4 Å². The number of furan rings is 1. The lowest BCUT2D eigenvalue weighted by molar-refractivity contribution is -0.115. The van der Waals surface area contributed by atoms with Crippen LogP contribution in [0.4, 0.5) is 10.5 Å². The Balaban J connectivity index is 1.57. The molecule has 8 heteroatoms. The van der Waals surface area contributed by atoms with Crippen molar-refractivity contribution in [3.8, 4) is 10.8 Å². The molecule has 0 bridgehead atoms. The van der Waals surface area contributed by atoms with E-state index in [0.29, 0.717) is 23.7 Å². The molecule has 0 aliphatic carbocycles. The lowest BCUT2D eigenvalue weighted by Crippen LogP contribution is -2.33. The highest BCUT2D eigenvalue weighted by atomic mass is 32.1. The van der Waals surface area contributed by atoms with Gasteiger partial charge in [-0.15, -0.1) is 11.3 Å². The molecule has 2 aromatic heterocycles. The lowest BCUT2D eigenvalue weighted by Gasteiger charge is -2.24. The lowest BCUT2D eigenvalue weighted by atomic mass is 10.2. The largest absolute Gasteiger partial charge is 0.459 e. The van der Waals surface area contributed by atoms with Crippen LogP contribution in [0.25, 0.3) is 10.8 Å². The third kappa shape index (κ3) is 6.68. The van der Waals surface area contributed by atoms with Gasteiger partial charge in [0, 0.05) is 24.7 Å². The Hall–Kier alpha value is -3.13. The summed E-state index contributed by atoms with van der Waals surface area (Å²) in [6, 6.07) is 11.2. The molecule has 0 fully saturated rings. The number of thiazole rings is 1. The topological polar surface area (TPSA) is 84.7 Å². The van der Waals surface area contributed by atoms with Gasteiger partial charge in [-0.05, 0) is 57.5 Å². The molecular formula is C23H27N3O4S. The van der Waals surface area contributed by atoms with Crippen LogP contribution >= 0.6 is 11.3 Å². The number of nitrogens with zero attached hydrogens (tertiary/aromatic N) is 2. The van der Waals surface area contributed by atoms with Gasteiger partial charge in [0.2, 0.25) is 5.91 Å². The number of ether oxygens (including phenoxy) is 1. The molecule has 164 valence electrons. The summed E-state index contributed by atoms with van der Waals surface area (Å²) in [6.45, 7) is 7.74. The molecule has 0 atom stereocenters. The van der Waals surface area contributed by atoms with Gasteiger partial charge in [0.15, 0.2) is 10.8 Å². The Morgan fingerprint density at radius 2 is 2.00 bits per heavy atom. The van der Waals surface area contributed by atoms with E-state index in [4.69, 9.17) is 9.15 Å². The minimum absolute atomic E-state index is 0.162. The molecule has 0 radical (unpaired) electrons. The van der Waals surface area contributed by atoms with Crippen LogP contribution in [0.3, 0.4) is 0 Å². The van der Waals surface area contributed by atoms with E-state index in [1.165, 1.54) is 16.2 Å². The van der Waals surface area contributed by atoms with E-state index in [9.17, 15) is 9.59 Å². The molecule has 1 N–H and O–H groups in total. The minimum Gasteiger partial charge on any atom is -0.459 e. The van der Waals surface area contributed by atoms with Crippen molar-refractivity contribution < 1.29 is 18.7 Å². The van der Waals surface area contributed by atoms with E-state index >= 15 is 0 Å². The number of carbonyl (C=O) groups excluding carboxylic acids is 2. The molecule has 0 unspecified atom stereocenters. The summed E-state index contributed by atoms with van der Waals surface area (Å²) in [7, 11) is 1.68. The second kappa shape index (κ2) is 9.34.